The molecule has 0 saturated heterocycles. The minimum absolute atomic E-state index is 0.182. The van der Waals surface area contributed by atoms with Gasteiger partial charge in [-0.1, -0.05) is 30.3 Å². The molecular weight excluding hydrogens is 300 g/mol. The third-order valence-corrected chi connectivity index (χ3v) is 3.89. The first-order valence-electron chi connectivity index (χ1n) is 6.65. The second-order valence-electron chi connectivity index (χ2n) is 5.08. The van der Waals surface area contributed by atoms with Crippen LogP contribution in [0.15, 0.2) is 41.7 Å². The highest BCUT2D eigenvalue weighted by atomic mass is 32.2. The van der Waals surface area contributed by atoms with Crippen LogP contribution in [0.5, 0.6) is 0 Å². The van der Waals surface area contributed by atoms with Gasteiger partial charge in [-0.05, 0) is 0 Å². The van der Waals surface area contributed by atoms with Crippen LogP contribution in [-0.2, 0) is 0 Å². The van der Waals surface area contributed by atoms with Gasteiger partial charge < -0.3 is 9.80 Å². The Bertz CT molecular complexity index is 680. The molecule has 0 unspecified atom stereocenters. The predicted molar refractivity (Wildman–Crippen MR) is 87.1 cm³/mol. The van der Waals surface area contributed by atoms with Crippen LogP contribution in [-0.4, -0.2) is 58.8 Å². The Morgan fingerprint density at radius 1 is 1.05 bits per heavy atom. The third-order valence-electron chi connectivity index (χ3n) is 2.88. The summed E-state index contributed by atoms with van der Waals surface area (Å²) in [5.74, 6) is 0. The topological polar surface area (TPSA) is 58.4 Å². The lowest BCUT2D eigenvalue weighted by Gasteiger charge is -2.13. The van der Waals surface area contributed by atoms with E-state index < -0.39 is 0 Å². The van der Waals surface area contributed by atoms with Crippen molar-refractivity contribution in [2.24, 2.45) is 0 Å². The van der Waals surface area contributed by atoms with E-state index in [-0.39, 0.29) is 11.3 Å². The van der Waals surface area contributed by atoms with Crippen LogP contribution >= 0.6 is 11.8 Å². The van der Waals surface area contributed by atoms with E-state index in [1.54, 1.807) is 34.4 Å². The number of thioether (sulfide) groups is 1. The van der Waals surface area contributed by atoms with E-state index in [1.807, 2.05) is 30.3 Å². The summed E-state index contributed by atoms with van der Waals surface area (Å²) in [7, 11) is 6.64. The summed E-state index contributed by atoms with van der Waals surface area (Å²) in [4.78, 5) is 31.5. The van der Waals surface area contributed by atoms with Crippen LogP contribution in [0.3, 0.4) is 0 Å². The summed E-state index contributed by atoms with van der Waals surface area (Å²) in [6, 6.07) is 9.30. The van der Waals surface area contributed by atoms with Crippen molar-refractivity contribution in [2.45, 2.75) is 5.16 Å². The van der Waals surface area contributed by atoms with Gasteiger partial charge in [0.1, 0.15) is 0 Å². The smallest absolute Gasteiger partial charge is 0.329 e. The van der Waals surface area contributed by atoms with E-state index in [2.05, 4.69) is 4.98 Å². The Kier molecular flexibility index (Phi) is 4.87. The number of rotatable bonds is 2. The second kappa shape index (κ2) is 6.65. The molecule has 2 amide bonds. The molecule has 6 nitrogen and oxygen atoms in total. The van der Waals surface area contributed by atoms with Crippen molar-refractivity contribution in [1.29, 1.82) is 0 Å². The standard InChI is InChI=1S/C15H18N4O2S/c1-17(2)14(20)19-10-12(11-8-6-5-7-9-11)16-13(19)22-15(21)18(3)4/h5-10H,1-4H3. The number of nitrogens with zero attached hydrogens (tertiary/aromatic N) is 4. The van der Waals surface area contributed by atoms with Gasteiger partial charge in [0.2, 0.25) is 0 Å². The van der Waals surface area contributed by atoms with Crippen LogP contribution in [0.4, 0.5) is 9.59 Å². The highest BCUT2D eigenvalue weighted by Gasteiger charge is 2.20. The Balaban J connectivity index is 2.43. The van der Waals surface area contributed by atoms with Crippen LogP contribution in [0.1, 0.15) is 0 Å². The Morgan fingerprint density at radius 3 is 2.23 bits per heavy atom. The van der Waals surface area contributed by atoms with Crippen molar-refractivity contribution in [3.05, 3.63) is 36.5 Å². The maximum Gasteiger partial charge on any atom is 0.329 e. The lowest BCUT2D eigenvalue weighted by Crippen LogP contribution is -2.27. The van der Waals surface area contributed by atoms with Gasteiger partial charge in [0.25, 0.3) is 5.24 Å². The quantitative estimate of drug-likeness (QED) is 0.799. The van der Waals surface area contributed by atoms with Crippen LogP contribution in [0.2, 0.25) is 0 Å². The number of hydrogen-bond acceptors (Lipinski definition) is 4. The maximum atomic E-state index is 12.3. The van der Waals surface area contributed by atoms with Gasteiger partial charge in [0, 0.05) is 51.7 Å². The molecule has 0 aliphatic carbocycles. The van der Waals surface area contributed by atoms with Crippen LogP contribution in [0, 0.1) is 0 Å². The number of amides is 2. The van der Waals surface area contributed by atoms with E-state index in [1.165, 1.54) is 14.4 Å². The molecule has 1 heterocycles. The minimum atomic E-state index is -0.247. The number of aromatic nitrogens is 2. The van der Waals surface area contributed by atoms with Gasteiger partial charge in [-0.3, -0.25) is 4.79 Å². The summed E-state index contributed by atoms with van der Waals surface area (Å²) in [5, 5.41) is 0.175. The molecule has 0 spiro atoms. The fraction of sp³-hybridized carbons (Fsp3) is 0.267. The van der Waals surface area contributed by atoms with E-state index >= 15 is 0 Å². The second-order valence-corrected chi connectivity index (χ2v) is 6.00. The Hall–Kier alpha value is -2.28. The number of hydrogen-bond donors (Lipinski definition) is 0. The molecule has 0 N–H and O–H groups in total. The van der Waals surface area contributed by atoms with Gasteiger partial charge in [0.15, 0.2) is 5.16 Å². The molecule has 1 aromatic heterocycles. The first-order chi connectivity index (χ1) is 10.4. The molecule has 0 bridgehead atoms. The van der Waals surface area contributed by atoms with E-state index in [4.69, 9.17) is 0 Å². The largest absolute Gasteiger partial charge is 0.339 e. The monoisotopic (exact) mass is 318 g/mol. The fourth-order valence-electron chi connectivity index (χ4n) is 1.71. The number of imidazole rings is 1. The highest BCUT2D eigenvalue weighted by molar-refractivity contribution is 8.13. The van der Waals surface area contributed by atoms with Crippen molar-refractivity contribution in [2.75, 3.05) is 28.2 Å². The first-order valence-corrected chi connectivity index (χ1v) is 7.47. The minimum Gasteiger partial charge on any atom is -0.339 e. The van der Waals surface area contributed by atoms with Crippen LogP contribution in [0.25, 0.3) is 11.3 Å². The average Bonchev–Trinajstić information content (AvgIpc) is 2.90. The molecule has 0 radical (unpaired) electrons. The van der Waals surface area contributed by atoms with Gasteiger partial charge in [-0.2, -0.15) is 0 Å². The lowest BCUT2D eigenvalue weighted by molar-refractivity contribution is 0.217. The van der Waals surface area contributed by atoms with E-state index in [9.17, 15) is 9.59 Å². The van der Waals surface area contributed by atoms with Crippen molar-refractivity contribution in [1.82, 2.24) is 19.4 Å². The normalized spacial score (nSPS) is 10.4. The molecule has 0 atom stereocenters. The molecule has 0 aliphatic rings. The van der Waals surface area contributed by atoms with Gasteiger partial charge in [-0.15, -0.1) is 0 Å². The molecule has 7 heteroatoms. The summed E-state index contributed by atoms with van der Waals surface area (Å²) in [5.41, 5.74) is 1.55. The zero-order chi connectivity index (χ0) is 16.3. The lowest BCUT2D eigenvalue weighted by atomic mass is 10.2. The predicted octanol–water partition coefficient (Wildman–Crippen LogP) is 2.85. The molecule has 2 aromatic rings. The summed E-state index contributed by atoms with van der Waals surface area (Å²) in [6.45, 7) is 0. The van der Waals surface area contributed by atoms with E-state index in [0.29, 0.717) is 10.9 Å². The fourth-order valence-corrected chi connectivity index (χ4v) is 2.42. The zero-order valence-corrected chi connectivity index (χ0v) is 13.8. The number of carbonyl (C=O) groups is 2. The SMILES string of the molecule is CN(C)C(=O)Sc1nc(-c2ccccc2)cn1C(=O)N(C)C. The number of benzene rings is 1. The van der Waals surface area contributed by atoms with Gasteiger partial charge in [-0.25, -0.2) is 14.3 Å². The summed E-state index contributed by atoms with van der Waals surface area (Å²) < 4.78 is 1.40. The molecule has 22 heavy (non-hydrogen) atoms. The Labute approximate surface area is 133 Å². The number of carbonyl (C=O) groups excluding carboxylic acids is 2. The third kappa shape index (κ3) is 3.48. The molecule has 0 saturated carbocycles. The Morgan fingerprint density at radius 2 is 1.68 bits per heavy atom. The van der Waals surface area contributed by atoms with Crippen LogP contribution < -0.4 is 0 Å². The molecular formula is C15H18N4O2S. The van der Waals surface area contributed by atoms with Crippen molar-refractivity contribution >= 4 is 23.0 Å². The van der Waals surface area contributed by atoms with Gasteiger partial charge in [0.05, 0.1) is 5.69 Å². The molecule has 2 rings (SSSR count). The van der Waals surface area contributed by atoms with Crippen molar-refractivity contribution < 1.29 is 9.59 Å². The van der Waals surface area contributed by atoms with Crippen molar-refractivity contribution in [3.63, 3.8) is 0 Å². The molecule has 116 valence electrons. The van der Waals surface area contributed by atoms with Crippen molar-refractivity contribution in [3.8, 4) is 11.3 Å². The first kappa shape index (κ1) is 16.1. The molecule has 1 aromatic carbocycles. The summed E-state index contributed by atoms with van der Waals surface area (Å²) >= 11 is 0.931. The van der Waals surface area contributed by atoms with Gasteiger partial charge >= 0.3 is 6.03 Å². The average molecular weight is 318 g/mol. The molecule has 0 aliphatic heterocycles. The maximum absolute atomic E-state index is 12.3. The summed E-state index contributed by atoms with van der Waals surface area (Å²) in [6.07, 6.45) is 1.66. The molecule has 0 fully saturated rings. The van der Waals surface area contributed by atoms with E-state index in [0.717, 1.165) is 17.3 Å². The highest BCUT2D eigenvalue weighted by Crippen LogP contribution is 2.25. The zero-order valence-electron chi connectivity index (χ0n) is 13.0.